The van der Waals surface area contributed by atoms with E-state index in [4.69, 9.17) is 4.74 Å². The molecule has 0 aliphatic carbocycles. The predicted octanol–water partition coefficient (Wildman–Crippen LogP) is 1.97. The standard InChI is InChI=1S/C21H30F3N5O4/c1-4-28(9-8-26-27(3)19(31)6-5-7-22)20-17(23)10-15(11-18(20)24)29-13-16(33-21(29)32)12-25-14(2)30/h10-11,16,26H,4-9,12-13H2,1-3H3,(H,25,30)/t16-/m0/s1. The Labute approximate surface area is 190 Å². The van der Waals surface area contributed by atoms with Crippen LogP contribution in [0.1, 0.15) is 26.7 Å². The lowest BCUT2D eigenvalue weighted by atomic mass is 10.2. The first-order valence-corrected chi connectivity index (χ1v) is 10.7. The van der Waals surface area contributed by atoms with Crippen molar-refractivity contribution in [3.8, 4) is 0 Å². The molecule has 1 saturated heterocycles. The molecule has 3 amide bonds. The summed E-state index contributed by atoms with van der Waals surface area (Å²) in [4.78, 5) is 37.5. The third kappa shape index (κ3) is 7.24. The Balaban J connectivity index is 2.03. The lowest BCUT2D eigenvalue weighted by Crippen LogP contribution is -2.44. The van der Waals surface area contributed by atoms with E-state index in [1.807, 2.05) is 0 Å². The Morgan fingerprint density at radius 3 is 2.52 bits per heavy atom. The number of carbonyl (C=O) groups excluding carboxylic acids is 3. The van der Waals surface area contributed by atoms with Crippen LogP contribution in [0.4, 0.5) is 29.3 Å². The van der Waals surface area contributed by atoms with Crippen molar-refractivity contribution in [3.63, 3.8) is 0 Å². The quantitative estimate of drug-likeness (QED) is 0.451. The van der Waals surface area contributed by atoms with E-state index in [1.54, 1.807) is 6.92 Å². The molecule has 33 heavy (non-hydrogen) atoms. The topological polar surface area (TPSA) is 94.2 Å². The van der Waals surface area contributed by atoms with Crippen LogP contribution in [0.3, 0.4) is 0 Å². The van der Waals surface area contributed by atoms with E-state index < -0.39 is 30.5 Å². The summed E-state index contributed by atoms with van der Waals surface area (Å²) in [6.07, 6.45) is -1.19. The molecule has 1 fully saturated rings. The minimum Gasteiger partial charge on any atom is -0.442 e. The summed E-state index contributed by atoms with van der Waals surface area (Å²) in [7, 11) is 1.50. The molecular formula is C21H30F3N5O4. The van der Waals surface area contributed by atoms with Crippen molar-refractivity contribution in [2.45, 2.75) is 32.8 Å². The van der Waals surface area contributed by atoms with Gasteiger partial charge in [-0.15, -0.1) is 0 Å². The first kappa shape index (κ1) is 26.2. The SMILES string of the molecule is CCN(CCNN(C)C(=O)CCCF)c1c(F)cc(N2C[C@H](CNC(C)=O)OC2=O)cc1F. The number of likely N-dealkylation sites (N-methyl/N-ethyl adjacent to an activating group) is 1. The number of anilines is 2. The lowest BCUT2D eigenvalue weighted by molar-refractivity contribution is -0.132. The van der Waals surface area contributed by atoms with Crippen molar-refractivity contribution in [1.29, 1.82) is 0 Å². The monoisotopic (exact) mass is 473 g/mol. The summed E-state index contributed by atoms with van der Waals surface area (Å²) in [5.74, 6) is -2.27. The summed E-state index contributed by atoms with van der Waals surface area (Å²) in [6.45, 7) is 3.32. The van der Waals surface area contributed by atoms with Crippen LogP contribution >= 0.6 is 0 Å². The highest BCUT2D eigenvalue weighted by Gasteiger charge is 2.33. The summed E-state index contributed by atoms with van der Waals surface area (Å²) in [5, 5.41) is 3.77. The largest absolute Gasteiger partial charge is 0.442 e. The van der Waals surface area contributed by atoms with Gasteiger partial charge in [-0.1, -0.05) is 0 Å². The van der Waals surface area contributed by atoms with Gasteiger partial charge in [0.15, 0.2) is 11.6 Å². The molecule has 1 aromatic carbocycles. The molecular weight excluding hydrogens is 443 g/mol. The van der Waals surface area contributed by atoms with Crippen molar-refractivity contribution >= 4 is 29.3 Å². The van der Waals surface area contributed by atoms with Crippen molar-refractivity contribution < 1.29 is 32.3 Å². The third-order valence-corrected chi connectivity index (χ3v) is 5.09. The minimum absolute atomic E-state index is 0.0106. The van der Waals surface area contributed by atoms with Gasteiger partial charge in [0.1, 0.15) is 11.8 Å². The molecule has 1 heterocycles. The van der Waals surface area contributed by atoms with Crippen molar-refractivity contribution in [2.75, 3.05) is 56.2 Å². The molecule has 0 unspecified atom stereocenters. The number of benzene rings is 1. The van der Waals surface area contributed by atoms with Crippen LogP contribution in [0.25, 0.3) is 0 Å². The fourth-order valence-electron chi connectivity index (χ4n) is 3.36. The average molecular weight is 473 g/mol. The number of alkyl halides is 1. The van der Waals surface area contributed by atoms with E-state index in [1.165, 1.54) is 23.9 Å². The third-order valence-electron chi connectivity index (χ3n) is 5.09. The van der Waals surface area contributed by atoms with E-state index in [2.05, 4.69) is 10.7 Å². The van der Waals surface area contributed by atoms with E-state index in [9.17, 15) is 27.6 Å². The second-order valence-electron chi connectivity index (χ2n) is 7.54. The summed E-state index contributed by atoms with van der Waals surface area (Å²) in [5.41, 5.74) is 2.58. The van der Waals surface area contributed by atoms with Gasteiger partial charge >= 0.3 is 6.09 Å². The number of hydrogen-bond acceptors (Lipinski definition) is 6. The maximum Gasteiger partial charge on any atom is 0.414 e. The van der Waals surface area contributed by atoms with Crippen LogP contribution in [0.2, 0.25) is 0 Å². The Hall–Kier alpha value is -3.02. The van der Waals surface area contributed by atoms with Gasteiger partial charge in [0.25, 0.3) is 0 Å². The van der Waals surface area contributed by atoms with Crippen LogP contribution < -0.4 is 20.5 Å². The highest BCUT2D eigenvalue weighted by Crippen LogP contribution is 2.30. The number of ether oxygens (including phenoxy) is 1. The molecule has 1 aliphatic rings. The van der Waals surface area contributed by atoms with Crippen LogP contribution in [0.15, 0.2) is 12.1 Å². The Morgan fingerprint density at radius 2 is 1.94 bits per heavy atom. The maximum absolute atomic E-state index is 14.9. The molecule has 184 valence electrons. The smallest absolute Gasteiger partial charge is 0.414 e. The normalized spacial score (nSPS) is 15.4. The van der Waals surface area contributed by atoms with Gasteiger partial charge in [-0.2, -0.15) is 0 Å². The lowest BCUT2D eigenvalue weighted by Gasteiger charge is -2.27. The van der Waals surface area contributed by atoms with Crippen molar-refractivity contribution in [2.24, 2.45) is 0 Å². The number of hydrazine groups is 1. The average Bonchev–Trinajstić information content (AvgIpc) is 3.14. The molecule has 2 rings (SSSR count). The molecule has 12 heteroatoms. The zero-order chi connectivity index (χ0) is 24.5. The molecule has 0 spiro atoms. The molecule has 1 aromatic rings. The number of cyclic esters (lactones) is 1. The second-order valence-corrected chi connectivity index (χ2v) is 7.54. The fraction of sp³-hybridized carbons (Fsp3) is 0.571. The van der Waals surface area contributed by atoms with Gasteiger partial charge < -0.3 is 15.0 Å². The molecule has 1 aliphatic heterocycles. The predicted molar refractivity (Wildman–Crippen MR) is 117 cm³/mol. The minimum atomic E-state index is -0.850. The van der Waals surface area contributed by atoms with E-state index in [0.717, 1.165) is 17.0 Å². The highest BCUT2D eigenvalue weighted by molar-refractivity contribution is 5.90. The first-order chi connectivity index (χ1) is 15.7. The van der Waals surface area contributed by atoms with Crippen molar-refractivity contribution in [1.82, 2.24) is 15.8 Å². The first-order valence-electron chi connectivity index (χ1n) is 10.7. The fourth-order valence-corrected chi connectivity index (χ4v) is 3.36. The molecule has 0 radical (unpaired) electrons. The maximum atomic E-state index is 14.9. The molecule has 1 atom stereocenters. The number of nitrogens with zero attached hydrogens (tertiary/aromatic N) is 3. The van der Waals surface area contributed by atoms with E-state index in [0.29, 0.717) is 6.54 Å². The summed E-state index contributed by atoms with van der Waals surface area (Å²) in [6, 6.07) is 2.12. The molecule has 0 aromatic heterocycles. The number of rotatable bonds is 12. The Morgan fingerprint density at radius 1 is 1.27 bits per heavy atom. The second kappa shape index (κ2) is 12.3. The number of halogens is 3. The Bertz CT molecular complexity index is 834. The zero-order valence-electron chi connectivity index (χ0n) is 19.0. The molecule has 2 N–H and O–H groups in total. The van der Waals surface area contributed by atoms with Crippen LogP contribution in [0.5, 0.6) is 0 Å². The number of hydrogen-bond donors (Lipinski definition) is 2. The van der Waals surface area contributed by atoms with Gasteiger partial charge in [-0.05, 0) is 13.3 Å². The highest BCUT2D eigenvalue weighted by atomic mass is 19.1. The van der Waals surface area contributed by atoms with Gasteiger partial charge in [0.05, 0.1) is 25.5 Å². The molecule has 0 saturated carbocycles. The van der Waals surface area contributed by atoms with Gasteiger partial charge in [0.2, 0.25) is 11.8 Å². The number of amides is 3. The van der Waals surface area contributed by atoms with E-state index in [-0.39, 0.29) is 62.2 Å². The summed E-state index contributed by atoms with van der Waals surface area (Å²) >= 11 is 0. The van der Waals surface area contributed by atoms with Gasteiger partial charge in [-0.25, -0.2) is 19.0 Å². The van der Waals surface area contributed by atoms with E-state index >= 15 is 0 Å². The van der Waals surface area contributed by atoms with Crippen LogP contribution in [-0.4, -0.2) is 75.5 Å². The van der Waals surface area contributed by atoms with Crippen LogP contribution in [0, 0.1) is 11.6 Å². The molecule has 9 nitrogen and oxygen atoms in total. The Kier molecular flexibility index (Phi) is 9.76. The number of carbonyl (C=O) groups is 3. The zero-order valence-corrected chi connectivity index (χ0v) is 19.0. The van der Waals surface area contributed by atoms with Crippen molar-refractivity contribution in [3.05, 3.63) is 23.8 Å². The van der Waals surface area contributed by atoms with Gasteiger partial charge in [-0.3, -0.25) is 23.9 Å². The number of nitrogens with one attached hydrogen (secondary N) is 2. The van der Waals surface area contributed by atoms with Crippen LogP contribution in [-0.2, 0) is 14.3 Å². The summed E-state index contributed by atoms with van der Waals surface area (Å²) < 4.78 is 47.1. The van der Waals surface area contributed by atoms with Gasteiger partial charge in [0, 0.05) is 52.2 Å². The molecule has 0 bridgehead atoms.